The lowest BCUT2D eigenvalue weighted by Crippen LogP contribution is -2.64. The Balaban J connectivity index is 1.29. The predicted octanol–water partition coefficient (Wildman–Crippen LogP) is 2.24. The Kier molecular flexibility index (Phi) is 4.88. The maximum Gasteiger partial charge on any atom is 0.240 e. The Morgan fingerprint density at radius 3 is 2.73 bits per heavy atom. The number of rotatable bonds is 7. The summed E-state index contributed by atoms with van der Waals surface area (Å²) in [6.07, 6.45) is 5.26. The lowest BCUT2D eigenvalue weighted by molar-refractivity contribution is -0.136. The minimum atomic E-state index is -3.43. The number of hydrogen-bond acceptors (Lipinski definition) is 5. The molecule has 1 aromatic carbocycles. The van der Waals surface area contributed by atoms with Gasteiger partial charge in [0.15, 0.2) is 0 Å². The molecule has 0 aliphatic carbocycles. The standard InChI is InChI=1S/C19H24N2O4S/c22-26(23,18-4-2-1-3-5-18)20-9-6-17-8-11-25-19(17)14-21(15-19)12-16-7-10-24-13-16/h1-5,7,10,13,17,20H,6,8-9,11-12,14-15H2. The highest BCUT2D eigenvalue weighted by atomic mass is 32.2. The van der Waals surface area contributed by atoms with Gasteiger partial charge in [-0.15, -0.1) is 0 Å². The van der Waals surface area contributed by atoms with Crippen molar-refractivity contribution in [3.63, 3.8) is 0 Å². The van der Waals surface area contributed by atoms with Gasteiger partial charge in [0.05, 0.1) is 23.0 Å². The Hall–Kier alpha value is -1.67. The zero-order valence-corrected chi connectivity index (χ0v) is 15.5. The van der Waals surface area contributed by atoms with Crippen molar-refractivity contribution in [2.45, 2.75) is 29.9 Å². The molecule has 1 spiro atoms. The zero-order valence-electron chi connectivity index (χ0n) is 14.6. The van der Waals surface area contributed by atoms with E-state index >= 15 is 0 Å². The first-order valence-corrected chi connectivity index (χ1v) is 10.5. The number of ether oxygens (including phenoxy) is 1. The zero-order chi connectivity index (χ0) is 18.0. The summed E-state index contributed by atoms with van der Waals surface area (Å²) in [7, 11) is -3.43. The molecule has 0 amide bonds. The molecule has 2 aromatic rings. The summed E-state index contributed by atoms with van der Waals surface area (Å²) >= 11 is 0. The van der Waals surface area contributed by atoms with E-state index in [4.69, 9.17) is 9.15 Å². The third-order valence-corrected chi connectivity index (χ3v) is 6.88. The summed E-state index contributed by atoms with van der Waals surface area (Å²) in [6, 6.07) is 10.5. The van der Waals surface area contributed by atoms with Crippen LogP contribution in [0, 0.1) is 5.92 Å². The molecule has 6 nitrogen and oxygen atoms in total. The summed E-state index contributed by atoms with van der Waals surface area (Å²) in [4.78, 5) is 2.66. The van der Waals surface area contributed by atoms with Crippen LogP contribution in [0.1, 0.15) is 18.4 Å². The van der Waals surface area contributed by atoms with Gasteiger partial charge in [0.2, 0.25) is 10.0 Å². The molecule has 1 atom stereocenters. The van der Waals surface area contributed by atoms with Gasteiger partial charge < -0.3 is 9.15 Å². The largest absolute Gasteiger partial charge is 0.472 e. The normalized spacial score (nSPS) is 22.5. The van der Waals surface area contributed by atoms with Crippen LogP contribution in [0.15, 0.2) is 58.2 Å². The number of nitrogens with zero attached hydrogens (tertiary/aromatic N) is 1. The van der Waals surface area contributed by atoms with Crippen LogP contribution >= 0.6 is 0 Å². The van der Waals surface area contributed by atoms with Gasteiger partial charge in [-0.2, -0.15) is 0 Å². The summed E-state index contributed by atoms with van der Waals surface area (Å²) < 4.78 is 38.6. The van der Waals surface area contributed by atoms with E-state index in [0.717, 1.165) is 39.1 Å². The second kappa shape index (κ2) is 7.15. The van der Waals surface area contributed by atoms with Crippen molar-refractivity contribution in [1.82, 2.24) is 9.62 Å². The van der Waals surface area contributed by atoms with Crippen LogP contribution in [0.4, 0.5) is 0 Å². The molecule has 1 unspecified atom stereocenters. The van der Waals surface area contributed by atoms with E-state index < -0.39 is 10.0 Å². The number of likely N-dealkylation sites (tertiary alicyclic amines) is 1. The Morgan fingerprint density at radius 2 is 2.00 bits per heavy atom. The van der Waals surface area contributed by atoms with E-state index in [9.17, 15) is 8.42 Å². The average Bonchev–Trinajstić information content (AvgIpc) is 3.26. The molecule has 140 valence electrons. The Morgan fingerprint density at radius 1 is 1.19 bits per heavy atom. The fourth-order valence-electron chi connectivity index (χ4n) is 4.06. The highest BCUT2D eigenvalue weighted by Gasteiger charge is 2.52. The second-order valence-electron chi connectivity index (χ2n) is 7.18. The molecule has 2 fully saturated rings. The average molecular weight is 376 g/mol. The number of nitrogens with one attached hydrogen (secondary N) is 1. The second-order valence-corrected chi connectivity index (χ2v) is 8.94. The Labute approximate surface area is 154 Å². The van der Waals surface area contributed by atoms with Crippen molar-refractivity contribution in [2.24, 2.45) is 5.92 Å². The molecule has 2 saturated heterocycles. The van der Waals surface area contributed by atoms with E-state index in [1.165, 1.54) is 5.56 Å². The molecule has 7 heteroatoms. The highest BCUT2D eigenvalue weighted by molar-refractivity contribution is 7.89. The lowest BCUT2D eigenvalue weighted by Gasteiger charge is -2.50. The first-order valence-electron chi connectivity index (χ1n) is 9.00. The van der Waals surface area contributed by atoms with Crippen LogP contribution < -0.4 is 4.72 Å². The molecule has 3 heterocycles. The van der Waals surface area contributed by atoms with E-state index in [2.05, 4.69) is 9.62 Å². The maximum atomic E-state index is 12.3. The molecular formula is C19H24N2O4S. The van der Waals surface area contributed by atoms with Crippen molar-refractivity contribution >= 4 is 10.0 Å². The van der Waals surface area contributed by atoms with Gasteiger partial charge in [0, 0.05) is 38.3 Å². The van der Waals surface area contributed by atoms with Crippen LogP contribution in [-0.2, 0) is 21.3 Å². The molecule has 1 aromatic heterocycles. The van der Waals surface area contributed by atoms with Gasteiger partial charge in [-0.25, -0.2) is 13.1 Å². The van der Waals surface area contributed by atoms with Crippen LogP contribution in [0.5, 0.6) is 0 Å². The SMILES string of the molecule is O=S(=O)(NCCC1CCOC12CN(Cc1ccoc1)C2)c1ccccc1. The number of benzene rings is 1. The van der Waals surface area contributed by atoms with Crippen molar-refractivity contribution in [3.05, 3.63) is 54.5 Å². The van der Waals surface area contributed by atoms with Gasteiger partial charge in [-0.05, 0) is 37.0 Å². The van der Waals surface area contributed by atoms with Crippen LogP contribution in [0.25, 0.3) is 0 Å². The number of sulfonamides is 1. The molecule has 0 saturated carbocycles. The fraction of sp³-hybridized carbons (Fsp3) is 0.474. The molecule has 2 aliphatic rings. The highest BCUT2D eigenvalue weighted by Crippen LogP contribution is 2.42. The van der Waals surface area contributed by atoms with Crippen molar-refractivity contribution < 1.29 is 17.6 Å². The summed E-state index contributed by atoms with van der Waals surface area (Å²) in [5.41, 5.74) is 1.06. The molecule has 26 heavy (non-hydrogen) atoms. The molecule has 0 bridgehead atoms. The van der Waals surface area contributed by atoms with Crippen LogP contribution in [-0.4, -0.2) is 45.2 Å². The maximum absolute atomic E-state index is 12.3. The third-order valence-electron chi connectivity index (χ3n) is 5.41. The first kappa shape index (κ1) is 17.7. The molecule has 0 radical (unpaired) electrons. The van der Waals surface area contributed by atoms with Crippen LogP contribution in [0.3, 0.4) is 0 Å². The first-order chi connectivity index (χ1) is 12.6. The topological polar surface area (TPSA) is 71.8 Å². The van der Waals surface area contributed by atoms with Crippen molar-refractivity contribution in [2.75, 3.05) is 26.2 Å². The predicted molar refractivity (Wildman–Crippen MR) is 97.0 cm³/mol. The Bertz CT molecular complexity index is 814. The number of hydrogen-bond donors (Lipinski definition) is 1. The van der Waals surface area contributed by atoms with E-state index in [1.807, 2.05) is 12.1 Å². The summed E-state index contributed by atoms with van der Waals surface area (Å²) in [5.74, 6) is 0.390. The van der Waals surface area contributed by atoms with Crippen LogP contribution in [0.2, 0.25) is 0 Å². The smallest absolute Gasteiger partial charge is 0.240 e. The minimum absolute atomic E-state index is 0.109. The van der Waals surface area contributed by atoms with Gasteiger partial charge in [0.25, 0.3) is 0 Å². The van der Waals surface area contributed by atoms with Crippen molar-refractivity contribution in [1.29, 1.82) is 0 Å². The summed E-state index contributed by atoms with van der Waals surface area (Å²) in [6.45, 7) is 3.86. The van der Waals surface area contributed by atoms with Gasteiger partial charge in [0.1, 0.15) is 0 Å². The van der Waals surface area contributed by atoms with Gasteiger partial charge in [-0.3, -0.25) is 4.90 Å². The van der Waals surface area contributed by atoms with Crippen molar-refractivity contribution in [3.8, 4) is 0 Å². The minimum Gasteiger partial charge on any atom is -0.472 e. The van der Waals surface area contributed by atoms with Gasteiger partial charge in [-0.1, -0.05) is 18.2 Å². The van der Waals surface area contributed by atoms with E-state index in [0.29, 0.717) is 17.4 Å². The van der Waals surface area contributed by atoms with Gasteiger partial charge >= 0.3 is 0 Å². The molecule has 1 N–H and O–H groups in total. The fourth-order valence-corrected chi connectivity index (χ4v) is 5.12. The monoisotopic (exact) mass is 376 g/mol. The molecule has 4 rings (SSSR count). The molecule has 2 aliphatic heterocycles. The van der Waals surface area contributed by atoms with E-state index in [-0.39, 0.29) is 5.60 Å². The van der Waals surface area contributed by atoms with E-state index in [1.54, 1.807) is 36.8 Å². The molecular weight excluding hydrogens is 352 g/mol. The lowest BCUT2D eigenvalue weighted by atomic mass is 9.79. The third kappa shape index (κ3) is 3.57. The summed E-state index contributed by atoms with van der Waals surface area (Å²) in [5, 5.41) is 0. The quantitative estimate of drug-likeness (QED) is 0.802. The number of furan rings is 1.